The van der Waals surface area contributed by atoms with E-state index >= 15 is 0 Å². The summed E-state index contributed by atoms with van der Waals surface area (Å²) < 4.78 is 9.13. The molecule has 0 radical (unpaired) electrons. The molecule has 0 N–H and O–H groups in total. The molecule has 0 unspecified atom stereocenters. The lowest BCUT2D eigenvalue weighted by Gasteiger charge is -2.49. The summed E-state index contributed by atoms with van der Waals surface area (Å²) in [7, 11) is 1.92. The molecule has 2 aliphatic rings. The Morgan fingerprint density at radius 3 is 2.69 bits per heavy atom. The van der Waals surface area contributed by atoms with Gasteiger partial charge in [0.15, 0.2) is 5.54 Å². The summed E-state index contributed by atoms with van der Waals surface area (Å²) in [6.45, 7) is 7.45. The maximum absolute atomic E-state index is 9.65. The number of rotatable bonds is 3. The van der Waals surface area contributed by atoms with E-state index in [0.717, 1.165) is 36.1 Å². The van der Waals surface area contributed by atoms with Gasteiger partial charge in [-0.3, -0.25) is 9.58 Å². The highest BCUT2D eigenvalue weighted by Gasteiger charge is 2.47. The van der Waals surface area contributed by atoms with E-state index in [4.69, 9.17) is 4.74 Å². The van der Waals surface area contributed by atoms with Crippen molar-refractivity contribution in [2.24, 2.45) is 13.0 Å². The van der Waals surface area contributed by atoms with Gasteiger partial charge < -0.3 is 4.74 Å². The van der Waals surface area contributed by atoms with Crippen LogP contribution in [0.15, 0.2) is 30.7 Å². The summed E-state index contributed by atoms with van der Waals surface area (Å²) in [5.41, 5.74) is 4.40. The number of ether oxygens (including phenoxy) is 1. The predicted molar refractivity (Wildman–Crippen MR) is 110 cm³/mol. The number of nitrogens with zero attached hydrogens (tertiary/aromatic N) is 6. The van der Waals surface area contributed by atoms with Crippen LogP contribution in [0.4, 0.5) is 0 Å². The number of nitriles is 1. The summed E-state index contributed by atoms with van der Waals surface area (Å²) in [5.74, 6) is 0.949. The quantitative estimate of drug-likeness (QED) is 0.688. The zero-order valence-corrected chi connectivity index (χ0v) is 17.2. The third kappa shape index (κ3) is 2.86. The fourth-order valence-electron chi connectivity index (χ4n) is 4.94. The molecule has 2 aromatic heterocycles. The number of likely N-dealkylation sites (tertiary alicyclic amines) is 1. The van der Waals surface area contributed by atoms with Gasteiger partial charge in [0.25, 0.3) is 0 Å². The van der Waals surface area contributed by atoms with E-state index in [2.05, 4.69) is 47.1 Å². The van der Waals surface area contributed by atoms with Crippen LogP contribution < -0.4 is 0 Å². The van der Waals surface area contributed by atoms with Crippen LogP contribution in [-0.4, -0.2) is 56.3 Å². The molecule has 2 atom stereocenters. The second-order valence-electron chi connectivity index (χ2n) is 8.65. The molecular formula is C22H26N6O. The van der Waals surface area contributed by atoms with Gasteiger partial charge in [-0.15, -0.1) is 0 Å². The summed E-state index contributed by atoms with van der Waals surface area (Å²) >= 11 is 0. The predicted octanol–water partition coefficient (Wildman–Crippen LogP) is 2.79. The van der Waals surface area contributed by atoms with Gasteiger partial charge in [-0.1, -0.05) is 6.92 Å². The Kier molecular flexibility index (Phi) is 4.23. The monoisotopic (exact) mass is 390 g/mol. The van der Waals surface area contributed by atoms with E-state index in [0.29, 0.717) is 25.0 Å². The molecule has 0 amide bonds. The molecule has 2 fully saturated rings. The minimum atomic E-state index is -0.406. The van der Waals surface area contributed by atoms with Crippen molar-refractivity contribution in [3.63, 3.8) is 0 Å². The molecule has 2 aliphatic heterocycles. The maximum atomic E-state index is 9.65. The van der Waals surface area contributed by atoms with Gasteiger partial charge in [-0.05, 0) is 48.4 Å². The number of fused-ring (bicyclic) bond motifs is 1. The van der Waals surface area contributed by atoms with E-state index in [1.165, 1.54) is 11.1 Å². The summed E-state index contributed by atoms with van der Waals surface area (Å²) in [6, 6.07) is 7.06. The van der Waals surface area contributed by atoms with Crippen molar-refractivity contribution in [1.29, 1.82) is 5.26 Å². The Balaban J connectivity index is 1.47. The fourth-order valence-corrected chi connectivity index (χ4v) is 4.94. The van der Waals surface area contributed by atoms with E-state index in [1.807, 2.05) is 30.3 Å². The minimum Gasteiger partial charge on any atom is -0.375 e. The average Bonchev–Trinajstić information content (AvgIpc) is 3.26. The Morgan fingerprint density at radius 2 is 2.07 bits per heavy atom. The lowest BCUT2D eigenvalue weighted by Crippen LogP contribution is -2.63. The number of hydrogen-bond acceptors (Lipinski definition) is 5. The highest BCUT2D eigenvalue weighted by molar-refractivity contribution is 5.82. The Bertz CT molecular complexity index is 1100. The van der Waals surface area contributed by atoms with Gasteiger partial charge in [-0.2, -0.15) is 15.5 Å². The van der Waals surface area contributed by atoms with Gasteiger partial charge in [-0.25, -0.2) is 4.68 Å². The SMILES string of the molecule is Cc1cc2cnn(-c3cnn(C)c3)c2cc1[C@@H]1CCN(C2(C#N)COC2)C[C@@H]1C. The third-order valence-electron chi connectivity index (χ3n) is 6.69. The highest BCUT2D eigenvalue weighted by Crippen LogP contribution is 2.39. The summed E-state index contributed by atoms with van der Waals surface area (Å²) in [6.07, 6.45) is 6.81. The zero-order chi connectivity index (χ0) is 20.2. The van der Waals surface area contributed by atoms with Gasteiger partial charge in [0.05, 0.1) is 43.4 Å². The Morgan fingerprint density at radius 1 is 1.24 bits per heavy atom. The molecule has 0 bridgehead atoms. The van der Waals surface area contributed by atoms with Crippen LogP contribution in [0.2, 0.25) is 0 Å². The average molecular weight is 390 g/mol. The molecule has 2 saturated heterocycles. The van der Waals surface area contributed by atoms with Gasteiger partial charge in [0.2, 0.25) is 0 Å². The molecule has 5 rings (SSSR count). The molecule has 150 valence electrons. The second-order valence-corrected chi connectivity index (χ2v) is 8.65. The molecule has 29 heavy (non-hydrogen) atoms. The number of aryl methyl sites for hydroxylation is 2. The topological polar surface area (TPSA) is 71.9 Å². The van der Waals surface area contributed by atoms with E-state index in [9.17, 15) is 5.26 Å². The van der Waals surface area contributed by atoms with Gasteiger partial charge >= 0.3 is 0 Å². The van der Waals surface area contributed by atoms with Crippen molar-refractivity contribution in [3.8, 4) is 11.8 Å². The number of aromatic nitrogens is 4. The Hall–Kier alpha value is -2.69. The van der Waals surface area contributed by atoms with Gasteiger partial charge in [0, 0.05) is 25.5 Å². The number of piperidine rings is 1. The molecule has 3 aromatic rings. The number of hydrogen-bond donors (Lipinski definition) is 0. The number of benzene rings is 1. The zero-order valence-electron chi connectivity index (χ0n) is 17.2. The van der Waals surface area contributed by atoms with Crippen molar-refractivity contribution >= 4 is 10.9 Å². The third-order valence-corrected chi connectivity index (χ3v) is 6.69. The van der Waals surface area contributed by atoms with Gasteiger partial charge in [0.1, 0.15) is 5.69 Å². The van der Waals surface area contributed by atoms with Crippen LogP contribution in [0.3, 0.4) is 0 Å². The second kappa shape index (κ2) is 6.68. The van der Waals surface area contributed by atoms with Crippen LogP contribution in [-0.2, 0) is 11.8 Å². The molecule has 7 heteroatoms. The fraction of sp³-hybridized carbons (Fsp3) is 0.500. The van der Waals surface area contributed by atoms with E-state index in [1.54, 1.807) is 4.68 Å². The van der Waals surface area contributed by atoms with Crippen molar-refractivity contribution < 1.29 is 4.74 Å². The lowest BCUT2D eigenvalue weighted by atomic mass is 9.78. The first-order chi connectivity index (χ1) is 14.0. The minimum absolute atomic E-state index is 0.406. The largest absolute Gasteiger partial charge is 0.375 e. The molecule has 4 heterocycles. The maximum Gasteiger partial charge on any atom is 0.156 e. The highest BCUT2D eigenvalue weighted by atomic mass is 16.5. The van der Waals surface area contributed by atoms with Crippen LogP contribution in [0.5, 0.6) is 0 Å². The normalized spacial score (nSPS) is 24.3. The Labute approximate surface area is 170 Å². The van der Waals surface area contributed by atoms with Crippen LogP contribution in [0.25, 0.3) is 16.6 Å². The standard InChI is InChI=1S/C22H26N6O/c1-15-6-17-8-25-28(18-9-24-26(3)11-18)21(17)7-20(15)19-4-5-27(10-16(19)2)22(12-23)13-29-14-22/h6-9,11,16,19H,4-5,10,13-14H2,1-3H3/t16-,19+/m0/s1. The molecule has 0 aliphatic carbocycles. The van der Waals surface area contributed by atoms with Crippen LogP contribution >= 0.6 is 0 Å². The van der Waals surface area contributed by atoms with Crippen molar-refractivity contribution in [2.75, 3.05) is 26.3 Å². The molecule has 7 nitrogen and oxygen atoms in total. The molecular weight excluding hydrogens is 364 g/mol. The smallest absolute Gasteiger partial charge is 0.156 e. The first-order valence-electron chi connectivity index (χ1n) is 10.2. The van der Waals surface area contributed by atoms with E-state index in [-0.39, 0.29) is 0 Å². The summed E-state index contributed by atoms with van der Waals surface area (Å²) in [4.78, 5) is 2.34. The van der Waals surface area contributed by atoms with Crippen molar-refractivity contribution in [1.82, 2.24) is 24.5 Å². The van der Waals surface area contributed by atoms with Crippen LogP contribution in [0, 0.1) is 24.2 Å². The molecule has 0 saturated carbocycles. The molecule has 0 spiro atoms. The lowest BCUT2D eigenvalue weighted by molar-refractivity contribution is -0.119. The first kappa shape index (κ1) is 18.3. The van der Waals surface area contributed by atoms with Crippen LogP contribution in [0.1, 0.15) is 30.4 Å². The molecule has 1 aromatic carbocycles. The first-order valence-corrected chi connectivity index (χ1v) is 10.2. The summed E-state index contributed by atoms with van der Waals surface area (Å²) in [5, 5.41) is 19.7. The van der Waals surface area contributed by atoms with Crippen molar-refractivity contribution in [3.05, 3.63) is 41.9 Å². The van der Waals surface area contributed by atoms with Crippen molar-refractivity contribution in [2.45, 2.75) is 31.7 Å². The van der Waals surface area contributed by atoms with E-state index < -0.39 is 5.54 Å².